The molecular formula is C16H17N3O4S. The molecule has 0 bridgehead atoms. The molecule has 0 saturated carbocycles. The van der Waals surface area contributed by atoms with Gasteiger partial charge in [-0.2, -0.15) is 5.10 Å². The molecule has 1 heterocycles. The average Bonchev–Trinajstić information content (AvgIpc) is 2.96. The first-order valence-corrected chi connectivity index (χ1v) is 8.13. The molecule has 0 saturated heterocycles. The predicted molar refractivity (Wildman–Crippen MR) is 91.4 cm³/mol. The lowest BCUT2D eigenvalue weighted by Gasteiger charge is -2.04. The Hall–Kier alpha value is -2.74. The summed E-state index contributed by atoms with van der Waals surface area (Å²) in [6.45, 7) is 3.45. The highest BCUT2D eigenvalue weighted by atomic mass is 32.1. The second kappa shape index (κ2) is 8.78. The second-order valence-corrected chi connectivity index (χ2v) is 5.49. The van der Waals surface area contributed by atoms with Crippen molar-refractivity contribution in [1.29, 1.82) is 0 Å². The molecule has 126 valence electrons. The Morgan fingerprint density at radius 2 is 2.17 bits per heavy atom. The topological polar surface area (TPSA) is 89.9 Å². The van der Waals surface area contributed by atoms with Crippen molar-refractivity contribution in [2.75, 3.05) is 12.0 Å². The van der Waals surface area contributed by atoms with Crippen molar-refractivity contribution in [2.45, 2.75) is 20.3 Å². The Bertz CT molecular complexity index is 742. The van der Waals surface area contributed by atoms with E-state index < -0.39 is 5.97 Å². The summed E-state index contributed by atoms with van der Waals surface area (Å²) in [6, 6.07) is 7.04. The van der Waals surface area contributed by atoms with Gasteiger partial charge in [-0.25, -0.2) is 4.98 Å². The Morgan fingerprint density at radius 1 is 1.38 bits per heavy atom. The van der Waals surface area contributed by atoms with Gasteiger partial charge in [-0.3, -0.25) is 15.0 Å². The van der Waals surface area contributed by atoms with E-state index in [4.69, 9.17) is 9.47 Å². The molecule has 0 aliphatic heterocycles. The first-order chi connectivity index (χ1) is 11.6. The van der Waals surface area contributed by atoms with Crippen LogP contribution in [0.15, 0.2) is 34.7 Å². The van der Waals surface area contributed by atoms with Gasteiger partial charge in [0.1, 0.15) is 5.75 Å². The monoisotopic (exact) mass is 347 g/mol. The molecule has 0 atom stereocenters. The van der Waals surface area contributed by atoms with Crippen LogP contribution in [-0.4, -0.2) is 29.7 Å². The predicted octanol–water partition coefficient (Wildman–Crippen LogP) is 2.62. The van der Waals surface area contributed by atoms with Crippen LogP contribution in [0, 0.1) is 0 Å². The van der Waals surface area contributed by atoms with Crippen molar-refractivity contribution in [2.24, 2.45) is 5.10 Å². The second-order valence-electron chi connectivity index (χ2n) is 4.63. The first kappa shape index (κ1) is 17.6. The Kier molecular flexibility index (Phi) is 6.44. The number of para-hydroxylation sites is 1. The molecule has 24 heavy (non-hydrogen) atoms. The summed E-state index contributed by atoms with van der Waals surface area (Å²) >= 11 is 1.33. The minimum absolute atomic E-state index is 0.130. The molecule has 0 radical (unpaired) electrons. The summed E-state index contributed by atoms with van der Waals surface area (Å²) in [7, 11) is 0. The number of benzene rings is 1. The highest BCUT2D eigenvalue weighted by Crippen LogP contribution is 2.18. The minimum atomic E-state index is -0.396. The molecule has 0 fully saturated rings. The molecule has 2 rings (SSSR count). The van der Waals surface area contributed by atoms with Crippen molar-refractivity contribution in [3.8, 4) is 5.75 Å². The Balaban J connectivity index is 1.96. The van der Waals surface area contributed by atoms with E-state index >= 15 is 0 Å². The van der Waals surface area contributed by atoms with Gasteiger partial charge >= 0.3 is 11.9 Å². The summed E-state index contributed by atoms with van der Waals surface area (Å²) in [5, 5.41) is 6.39. The summed E-state index contributed by atoms with van der Waals surface area (Å²) in [5.74, 6) is -0.279. The van der Waals surface area contributed by atoms with Crippen LogP contribution in [0.3, 0.4) is 0 Å². The number of hydrogen-bond acceptors (Lipinski definition) is 8. The number of nitrogens with zero attached hydrogens (tertiary/aromatic N) is 2. The number of carbonyl (C=O) groups is 2. The van der Waals surface area contributed by atoms with Gasteiger partial charge in [0.05, 0.1) is 24.9 Å². The van der Waals surface area contributed by atoms with Crippen LogP contribution in [0.4, 0.5) is 5.13 Å². The number of hydrazone groups is 1. The molecule has 0 unspecified atom stereocenters. The van der Waals surface area contributed by atoms with Crippen LogP contribution in [0.25, 0.3) is 0 Å². The minimum Gasteiger partial charge on any atom is -0.466 e. The highest BCUT2D eigenvalue weighted by molar-refractivity contribution is 7.13. The molecule has 8 heteroatoms. The lowest BCUT2D eigenvalue weighted by atomic mass is 10.2. The van der Waals surface area contributed by atoms with Crippen molar-refractivity contribution < 1.29 is 19.1 Å². The Morgan fingerprint density at radius 3 is 2.92 bits per heavy atom. The number of rotatable bonds is 7. The standard InChI is InChI=1S/C16H17N3O4S/c1-3-22-15(21)8-13-10-24-16(18-13)19-17-9-12-6-4-5-7-14(12)23-11(2)20/h4-7,9-10H,3,8H2,1-2H3,(H,18,19). The lowest BCUT2D eigenvalue weighted by Crippen LogP contribution is -2.07. The largest absolute Gasteiger partial charge is 0.466 e. The van der Waals surface area contributed by atoms with E-state index in [-0.39, 0.29) is 12.4 Å². The maximum Gasteiger partial charge on any atom is 0.311 e. The zero-order chi connectivity index (χ0) is 17.4. The van der Waals surface area contributed by atoms with Crippen molar-refractivity contribution >= 4 is 34.6 Å². The number of thiazole rings is 1. The van der Waals surface area contributed by atoms with Crippen LogP contribution in [0.5, 0.6) is 5.75 Å². The van der Waals surface area contributed by atoms with Gasteiger partial charge in [0.25, 0.3) is 0 Å². The normalized spacial score (nSPS) is 10.6. The summed E-state index contributed by atoms with van der Waals surface area (Å²) in [6.07, 6.45) is 1.66. The van der Waals surface area contributed by atoms with E-state index in [0.717, 1.165) is 0 Å². The zero-order valence-electron chi connectivity index (χ0n) is 13.3. The SMILES string of the molecule is CCOC(=O)Cc1csc(NN=Cc2ccccc2OC(C)=O)n1. The van der Waals surface area contributed by atoms with E-state index in [9.17, 15) is 9.59 Å². The lowest BCUT2D eigenvalue weighted by molar-refractivity contribution is -0.142. The summed E-state index contributed by atoms with van der Waals surface area (Å²) in [5.41, 5.74) is 4.06. The fraction of sp³-hybridized carbons (Fsp3) is 0.250. The van der Waals surface area contributed by atoms with Gasteiger partial charge < -0.3 is 9.47 Å². The third-order valence-corrected chi connectivity index (χ3v) is 3.51. The van der Waals surface area contributed by atoms with Crippen molar-refractivity contribution in [3.05, 3.63) is 40.9 Å². The third kappa shape index (κ3) is 5.47. The number of hydrogen-bond donors (Lipinski definition) is 1. The van der Waals surface area contributed by atoms with Gasteiger partial charge in [-0.1, -0.05) is 12.1 Å². The van der Waals surface area contributed by atoms with E-state index in [1.165, 1.54) is 24.5 Å². The quantitative estimate of drug-likeness (QED) is 0.358. The van der Waals surface area contributed by atoms with Crippen LogP contribution < -0.4 is 10.2 Å². The summed E-state index contributed by atoms with van der Waals surface area (Å²) in [4.78, 5) is 26.7. The smallest absolute Gasteiger partial charge is 0.311 e. The maximum atomic E-state index is 11.4. The number of aromatic nitrogens is 1. The van der Waals surface area contributed by atoms with E-state index in [1.807, 2.05) is 6.07 Å². The molecule has 1 N–H and O–H groups in total. The molecule has 0 spiro atoms. The number of esters is 2. The van der Waals surface area contributed by atoms with Crippen LogP contribution in [-0.2, 0) is 20.7 Å². The maximum absolute atomic E-state index is 11.4. The molecule has 1 aromatic heterocycles. The molecule has 0 aliphatic rings. The van der Waals surface area contributed by atoms with Gasteiger partial charge in [0.15, 0.2) is 0 Å². The molecule has 7 nitrogen and oxygen atoms in total. The van der Waals surface area contributed by atoms with Crippen LogP contribution in [0.2, 0.25) is 0 Å². The van der Waals surface area contributed by atoms with Crippen molar-refractivity contribution in [3.63, 3.8) is 0 Å². The molecular weight excluding hydrogens is 330 g/mol. The highest BCUT2D eigenvalue weighted by Gasteiger charge is 2.08. The van der Waals surface area contributed by atoms with Gasteiger partial charge in [-0.15, -0.1) is 11.3 Å². The summed E-state index contributed by atoms with van der Waals surface area (Å²) < 4.78 is 9.97. The van der Waals surface area contributed by atoms with Gasteiger partial charge in [0, 0.05) is 17.9 Å². The fourth-order valence-corrected chi connectivity index (χ4v) is 2.45. The first-order valence-electron chi connectivity index (χ1n) is 7.25. The fourth-order valence-electron chi connectivity index (χ4n) is 1.79. The van der Waals surface area contributed by atoms with E-state index in [2.05, 4.69) is 15.5 Å². The molecule has 2 aromatic rings. The van der Waals surface area contributed by atoms with Gasteiger partial charge in [-0.05, 0) is 19.1 Å². The third-order valence-electron chi connectivity index (χ3n) is 2.72. The zero-order valence-corrected chi connectivity index (χ0v) is 14.1. The van der Waals surface area contributed by atoms with E-state index in [0.29, 0.717) is 28.7 Å². The number of anilines is 1. The van der Waals surface area contributed by atoms with E-state index in [1.54, 1.807) is 30.5 Å². The molecule has 0 amide bonds. The number of carbonyl (C=O) groups excluding carboxylic acids is 2. The van der Waals surface area contributed by atoms with Crippen molar-refractivity contribution in [1.82, 2.24) is 4.98 Å². The van der Waals surface area contributed by atoms with Crippen LogP contribution >= 0.6 is 11.3 Å². The Labute approximate surface area is 143 Å². The van der Waals surface area contributed by atoms with Crippen LogP contribution in [0.1, 0.15) is 25.1 Å². The molecule has 1 aromatic carbocycles. The number of nitrogens with one attached hydrogen (secondary N) is 1. The van der Waals surface area contributed by atoms with Gasteiger partial charge in [0.2, 0.25) is 5.13 Å². The average molecular weight is 347 g/mol. The number of ether oxygens (including phenoxy) is 2. The molecule has 0 aliphatic carbocycles.